The molecule has 12 atom stereocenters. The van der Waals surface area contributed by atoms with E-state index in [9.17, 15) is 20.1 Å². The molecule has 6 rings (SSSR count). The van der Waals surface area contributed by atoms with E-state index in [-0.39, 0.29) is 51.5 Å². The maximum atomic E-state index is 13.0. The molecule has 1 aliphatic heterocycles. The number of fused-ring (bicyclic) bond motifs is 4. The van der Waals surface area contributed by atoms with Crippen LogP contribution in [0.4, 0.5) is 0 Å². The Labute approximate surface area is 211 Å². The summed E-state index contributed by atoms with van der Waals surface area (Å²) in [6, 6.07) is 0. The van der Waals surface area contributed by atoms with Gasteiger partial charge in [0.05, 0.1) is 18.3 Å². The molecule has 1 heterocycles. The van der Waals surface area contributed by atoms with Crippen LogP contribution in [0.1, 0.15) is 99.8 Å². The third-order valence-electron chi connectivity index (χ3n) is 13.7. The second-order valence-corrected chi connectivity index (χ2v) is 15.4. The standard InChI is InChI=1S/C30H48O5/c1-16-14-17(23(32)26(4,5)34)35-22-21(16)27(6)12-13-30-15-29(30)11-10-20(31)25(2,3)18(29)8-9-19(30)28(27,7)24(22)33/h16-22,24,31,33-34H,8-15H2,1-7H3/t16-,17?,18+,19?,20+,21+,22?,24+,27-,28-,29-,30+/m1/s1. The molecule has 0 bridgehead atoms. The highest BCUT2D eigenvalue weighted by atomic mass is 16.5. The van der Waals surface area contributed by atoms with Gasteiger partial charge in [0.2, 0.25) is 0 Å². The minimum atomic E-state index is -1.43. The highest BCUT2D eigenvalue weighted by molar-refractivity contribution is 5.90. The first kappa shape index (κ1) is 24.8. The van der Waals surface area contributed by atoms with Gasteiger partial charge in [0.1, 0.15) is 11.7 Å². The summed E-state index contributed by atoms with van der Waals surface area (Å²) in [5, 5.41) is 33.4. The Bertz CT molecular complexity index is 938. The van der Waals surface area contributed by atoms with Gasteiger partial charge in [0.15, 0.2) is 5.78 Å². The van der Waals surface area contributed by atoms with E-state index in [0.29, 0.717) is 23.7 Å². The maximum Gasteiger partial charge on any atom is 0.192 e. The Balaban J connectivity index is 1.37. The molecule has 0 aromatic rings. The number of ketones is 1. The summed E-state index contributed by atoms with van der Waals surface area (Å²) in [7, 11) is 0. The minimum absolute atomic E-state index is 0.0323. The van der Waals surface area contributed by atoms with Crippen LogP contribution in [-0.2, 0) is 9.53 Å². The van der Waals surface area contributed by atoms with Gasteiger partial charge < -0.3 is 20.1 Å². The predicted molar refractivity (Wildman–Crippen MR) is 133 cm³/mol. The Morgan fingerprint density at radius 3 is 2.23 bits per heavy atom. The molecule has 3 unspecified atom stereocenters. The summed E-state index contributed by atoms with van der Waals surface area (Å²) in [6.45, 7) is 14.7. The van der Waals surface area contributed by atoms with Crippen LogP contribution in [0.25, 0.3) is 0 Å². The van der Waals surface area contributed by atoms with Gasteiger partial charge in [-0.05, 0) is 111 Å². The highest BCUT2D eigenvalue weighted by Gasteiger charge is 2.84. The van der Waals surface area contributed by atoms with E-state index in [1.807, 2.05) is 0 Å². The lowest BCUT2D eigenvalue weighted by Gasteiger charge is -2.63. The van der Waals surface area contributed by atoms with Crippen molar-refractivity contribution in [1.29, 1.82) is 0 Å². The fraction of sp³-hybridized carbons (Fsp3) is 0.967. The topological polar surface area (TPSA) is 87.0 Å². The van der Waals surface area contributed by atoms with Gasteiger partial charge in [-0.1, -0.05) is 34.6 Å². The molecule has 0 amide bonds. The zero-order valence-electron chi connectivity index (χ0n) is 22.9. The molecule has 1 saturated heterocycles. The van der Waals surface area contributed by atoms with E-state index in [2.05, 4.69) is 34.6 Å². The van der Waals surface area contributed by atoms with Gasteiger partial charge in [0, 0.05) is 5.41 Å². The lowest BCUT2D eigenvalue weighted by atomic mass is 9.41. The summed E-state index contributed by atoms with van der Waals surface area (Å²) in [5.74, 6) is 1.24. The molecule has 5 aliphatic carbocycles. The first-order chi connectivity index (χ1) is 16.1. The van der Waals surface area contributed by atoms with E-state index in [1.165, 1.54) is 12.8 Å². The predicted octanol–water partition coefficient (Wildman–Crippen LogP) is 4.50. The number of rotatable bonds is 2. The van der Waals surface area contributed by atoms with Gasteiger partial charge in [-0.3, -0.25) is 4.79 Å². The number of ether oxygens (including phenoxy) is 1. The molecule has 6 fully saturated rings. The van der Waals surface area contributed by atoms with Crippen LogP contribution in [0.5, 0.6) is 0 Å². The second kappa shape index (κ2) is 6.93. The third kappa shape index (κ3) is 2.68. The number of aliphatic hydroxyl groups excluding tert-OH is 2. The van der Waals surface area contributed by atoms with E-state index in [4.69, 9.17) is 4.74 Å². The fourth-order valence-electron chi connectivity index (χ4n) is 11.8. The molecular formula is C30H48O5. The minimum Gasteiger partial charge on any atom is -0.393 e. The van der Waals surface area contributed by atoms with Crippen LogP contribution in [0.15, 0.2) is 0 Å². The molecule has 5 saturated carbocycles. The molecule has 5 heteroatoms. The van der Waals surface area contributed by atoms with E-state index >= 15 is 0 Å². The molecular weight excluding hydrogens is 440 g/mol. The summed E-state index contributed by atoms with van der Waals surface area (Å²) in [4.78, 5) is 13.0. The van der Waals surface area contributed by atoms with Crippen molar-refractivity contribution in [3.05, 3.63) is 0 Å². The summed E-state index contributed by atoms with van der Waals surface area (Å²) in [5.41, 5.74) is -1.16. The first-order valence-electron chi connectivity index (χ1n) is 14.4. The zero-order chi connectivity index (χ0) is 25.6. The van der Waals surface area contributed by atoms with Crippen molar-refractivity contribution < 1.29 is 24.9 Å². The quantitative estimate of drug-likeness (QED) is 0.533. The molecule has 2 spiro atoms. The number of carbonyl (C=O) groups is 1. The van der Waals surface area contributed by atoms with Crippen LogP contribution >= 0.6 is 0 Å². The van der Waals surface area contributed by atoms with E-state index < -0.39 is 17.8 Å². The summed E-state index contributed by atoms with van der Waals surface area (Å²) < 4.78 is 6.49. The molecule has 0 aromatic carbocycles. The smallest absolute Gasteiger partial charge is 0.192 e. The normalized spacial score (nSPS) is 58.3. The lowest BCUT2D eigenvalue weighted by Crippen LogP contribution is -2.59. The van der Waals surface area contributed by atoms with Gasteiger partial charge in [0.25, 0.3) is 0 Å². The summed E-state index contributed by atoms with van der Waals surface area (Å²) >= 11 is 0. The molecule has 0 aromatic heterocycles. The summed E-state index contributed by atoms with van der Waals surface area (Å²) in [6.07, 6.45) is 6.69. The van der Waals surface area contributed by atoms with Crippen molar-refractivity contribution in [3.8, 4) is 0 Å². The van der Waals surface area contributed by atoms with Crippen LogP contribution < -0.4 is 0 Å². The molecule has 198 valence electrons. The Kier molecular flexibility index (Phi) is 4.91. The molecule has 5 nitrogen and oxygen atoms in total. The number of hydrogen-bond acceptors (Lipinski definition) is 5. The van der Waals surface area contributed by atoms with Crippen molar-refractivity contribution in [2.45, 2.75) is 130 Å². The monoisotopic (exact) mass is 488 g/mol. The highest BCUT2D eigenvalue weighted by Crippen LogP contribution is 2.89. The number of hydrogen-bond donors (Lipinski definition) is 3. The number of Topliss-reactive ketones (excluding diaryl/α,β-unsaturated/α-hetero) is 1. The van der Waals surface area contributed by atoms with E-state index in [0.717, 1.165) is 32.1 Å². The van der Waals surface area contributed by atoms with Crippen LogP contribution in [0, 0.1) is 50.7 Å². The van der Waals surface area contributed by atoms with Gasteiger partial charge in [-0.15, -0.1) is 0 Å². The van der Waals surface area contributed by atoms with Gasteiger partial charge in [-0.25, -0.2) is 0 Å². The van der Waals surface area contributed by atoms with E-state index in [1.54, 1.807) is 13.8 Å². The van der Waals surface area contributed by atoms with Crippen molar-refractivity contribution in [1.82, 2.24) is 0 Å². The molecule has 0 radical (unpaired) electrons. The Hall–Kier alpha value is -0.490. The SMILES string of the molecule is C[C@@H]1CC(C(=O)C(C)(C)O)OC2[C@H]1[C@@]1(C)CC[C@@]34C[C@@]35CC[C@H](O)C(C)(C)[C@@H]5CCC4[C@]1(C)[C@H]2O. The van der Waals surface area contributed by atoms with Gasteiger partial charge in [-0.2, -0.15) is 0 Å². The first-order valence-corrected chi connectivity index (χ1v) is 14.4. The van der Waals surface area contributed by atoms with Crippen LogP contribution in [-0.4, -0.2) is 51.1 Å². The Morgan fingerprint density at radius 1 is 0.943 bits per heavy atom. The average Bonchev–Trinajstić information content (AvgIpc) is 3.40. The van der Waals surface area contributed by atoms with Gasteiger partial charge >= 0.3 is 0 Å². The molecule has 6 aliphatic rings. The number of carbonyl (C=O) groups excluding carboxylic acids is 1. The molecule has 35 heavy (non-hydrogen) atoms. The maximum absolute atomic E-state index is 13.0. The average molecular weight is 489 g/mol. The van der Waals surface area contributed by atoms with Crippen molar-refractivity contribution in [2.24, 2.45) is 50.7 Å². The number of aliphatic hydroxyl groups is 3. The largest absolute Gasteiger partial charge is 0.393 e. The lowest BCUT2D eigenvalue weighted by molar-refractivity contribution is -0.183. The fourth-order valence-corrected chi connectivity index (χ4v) is 11.8. The van der Waals surface area contributed by atoms with Crippen molar-refractivity contribution in [3.63, 3.8) is 0 Å². The Morgan fingerprint density at radius 2 is 1.57 bits per heavy atom. The zero-order valence-corrected chi connectivity index (χ0v) is 22.9. The van der Waals surface area contributed by atoms with Crippen LogP contribution in [0.2, 0.25) is 0 Å². The second-order valence-electron chi connectivity index (χ2n) is 15.4. The third-order valence-corrected chi connectivity index (χ3v) is 13.7. The van der Waals surface area contributed by atoms with Crippen molar-refractivity contribution in [2.75, 3.05) is 0 Å². The van der Waals surface area contributed by atoms with Crippen molar-refractivity contribution >= 4 is 5.78 Å². The molecule has 3 N–H and O–H groups in total. The van der Waals surface area contributed by atoms with Crippen LogP contribution in [0.3, 0.4) is 0 Å².